The number of benzene rings is 3. The van der Waals surface area contributed by atoms with Crippen LogP contribution in [-0.2, 0) is 11.3 Å². The van der Waals surface area contributed by atoms with Crippen molar-refractivity contribution < 1.29 is 14.6 Å². The van der Waals surface area contributed by atoms with Crippen molar-refractivity contribution >= 4 is 11.5 Å². The highest BCUT2D eigenvalue weighted by Gasteiger charge is 2.40. The largest absolute Gasteiger partial charge is 0.503 e. The van der Waals surface area contributed by atoms with Crippen molar-refractivity contribution in [3.63, 3.8) is 0 Å². The molecule has 0 saturated carbocycles. The van der Waals surface area contributed by atoms with Crippen LogP contribution in [0.25, 0.3) is 5.57 Å². The van der Waals surface area contributed by atoms with Crippen LogP contribution in [0.1, 0.15) is 28.3 Å². The van der Waals surface area contributed by atoms with Gasteiger partial charge < -0.3 is 14.7 Å². The highest BCUT2D eigenvalue weighted by molar-refractivity contribution is 6.05. The summed E-state index contributed by atoms with van der Waals surface area (Å²) in [4.78, 5) is 14.8. The van der Waals surface area contributed by atoms with Gasteiger partial charge in [-0.1, -0.05) is 72.3 Å². The summed E-state index contributed by atoms with van der Waals surface area (Å²) in [5.41, 5.74) is 4.57. The molecule has 1 atom stereocenters. The number of aliphatic hydroxyl groups is 1. The van der Waals surface area contributed by atoms with Crippen molar-refractivity contribution in [1.29, 1.82) is 0 Å². The fraction of sp³-hybridized carbons (Fsp3) is 0.160. The smallest absolute Gasteiger partial charge is 0.290 e. The summed E-state index contributed by atoms with van der Waals surface area (Å²) >= 11 is 0. The number of aliphatic hydroxyl groups excluding tert-OH is 1. The number of hydrogen-bond donors (Lipinski definition) is 1. The molecule has 146 valence electrons. The van der Waals surface area contributed by atoms with Crippen LogP contribution in [0.3, 0.4) is 0 Å². The van der Waals surface area contributed by atoms with E-state index in [4.69, 9.17) is 4.74 Å². The second kappa shape index (κ2) is 7.84. The lowest BCUT2D eigenvalue weighted by Gasteiger charge is -2.27. The van der Waals surface area contributed by atoms with Gasteiger partial charge in [0.2, 0.25) is 0 Å². The summed E-state index contributed by atoms with van der Waals surface area (Å²) in [6.45, 7) is 2.45. The summed E-state index contributed by atoms with van der Waals surface area (Å²) in [6.07, 6.45) is 0. The van der Waals surface area contributed by atoms with Crippen LogP contribution in [0.2, 0.25) is 0 Å². The first-order valence-electron chi connectivity index (χ1n) is 9.57. The Hall–Kier alpha value is -3.53. The average molecular weight is 385 g/mol. The monoisotopic (exact) mass is 385 g/mol. The van der Waals surface area contributed by atoms with Crippen molar-refractivity contribution in [2.75, 3.05) is 7.11 Å². The van der Waals surface area contributed by atoms with E-state index in [2.05, 4.69) is 0 Å². The molecule has 0 aromatic heterocycles. The van der Waals surface area contributed by atoms with Gasteiger partial charge in [0.1, 0.15) is 5.75 Å². The molecule has 1 N–H and O–H groups in total. The van der Waals surface area contributed by atoms with E-state index in [9.17, 15) is 9.90 Å². The van der Waals surface area contributed by atoms with Crippen LogP contribution in [0.15, 0.2) is 84.6 Å². The second-order valence-corrected chi connectivity index (χ2v) is 7.22. The number of carbonyl (C=O) groups excluding carboxylic acids is 1. The molecule has 3 aromatic rings. The van der Waals surface area contributed by atoms with Crippen molar-refractivity contribution in [3.8, 4) is 5.75 Å². The van der Waals surface area contributed by atoms with Gasteiger partial charge in [-0.2, -0.15) is 0 Å². The molecule has 29 heavy (non-hydrogen) atoms. The molecule has 4 heteroatoms. The SMILES string of the molecule is COc1ccc(C2=C(O)C(=O)N(Cc3ccc(C)cc3)[C@@H]2c2ccccc2)cc1. The minimum Gasteiger partial charge on any atom is -0.503 e. The van der Waals surface area contributed by atoms with Crippen LogP contribution < -0.4 is 4.74 Å². The topological polar surface area (TPSA) is 49.8 Å². The zero-order chi connectivity index (χ0) is 20.4. The first kappa shape index (κ1) is 18.8. The van der Waals surface area contributed by atoms with E-state index in [0.29, 0.717) is 12.1 Å². The number of hydrogen-bond acceptors (Lipinski definition) is 3. The minimum atomic E-state index is -0.363. The maximum absolute atomic E-state index is 13.1. The van der Waals surface area contributed by atoms with Gasteiger partial charge in [-0.05, 0) is 35.7 Å². The molecule has 3 aromatic carbocycles. The maximum atomic E-state index is 13.1. The predicted molar refractivity (Wildman–Crippen MR) is 113 cm³/mol. The number of methoxy groups -OCH3 is 1. The zero-order valence-electron chi connectivity index (χ0n) is 16.5. The van der Waals surface area contributed by atoms with Gasteiger partial charge in [-0.3, -0.25) is 4.79 Å². The normalized spacial score (nSPS) is 16.4. The number of rotatable bonds is 5. The molecule has 0 unspecified atom stereocenters. The van der Waals surface area contributed by atoms with Crippen molar-refractivity contribution in [2.45, 2.75) is 19.5 Å². The van der Waals surface area contributed by atoms with Gasteiger partial charge in [0.25, 0.3) is 5.91 Å². The van der Waals surface area contributed by atoms with E-state index in [1.165, 1.54) is 5.56 Å². The lowest BCUT2D eigenvalue weighted by molar-refractivity contribution is -0.130. The number of amides is 1. The third-order valence-corrected chi connectivity index (χ3v) is 5.29. The molecular formula is C25H23NO3. The van der Waals surface area contributed by atoms with Crippen LogP contribution >= 0.6 is 0 Å². The Morgan fingerprint density at radius 1 is 0.931 bits per heavy atom. The third kappa shape index (κ3) is 3.61. The lowest BCUT2D eigenvalue weighted by atomic mass is 9.93. The molecule has 0 fully saturated rings. The van der Waals surface area contributed by atoms with E-state index < -0.39 is 0 Å². The summed E-state index contributed by atoms with van der Waals surface area (Å²) in [5.74, 6) is 0.173. The van der Waals surface area contributed by atoms with E-state index in [1.54, 1.807) is 12.0 Å². The summed E-state index contributed by atoms with van der Waals surface area (Å²) in [6, 6.07) is 25.0. The Morgan fingerprint density at radius 3 is 2.21 bits per heavy atom. The van der Waals surface area contributed by atoms with Crippen LogP contribution in [0, 0.1) is 6.92 Å². The lowest BCUT2D eigenvalue weighted by Crippen LogP contribution is -2.29. The highest BCUT2D eigenvalue weighted by Crippen LogP contribution is 2.43. The van der Waals surface area contributed by atoms with E-state index in [-0.39, 0.29) is 17.7 Å². The van der Waals surface area contributed by atoms with Gasteiger partial charge in [-0.15, -0.1) is 0 Å². The Kier molecular flexibility index (Phi) is 5.09. The van der Waals surface area contributed by atoms with Gasteiger partial charge in [0.15, 0.2) is 5.76 Å². The van der Waals surface area contributed by atoms with Crippen molar-refractivity contribution in [2.24, 2.45) is 0 Å². The van der Waals surface area contributed by atoms with E-state index >= 15 is 0 Å². The Bertz CT molecular complexity index is 1040. The fourth-order valence-electron chi connectivity index (χ4n) is 3.75. The maximum Gasteiger partial charge on any atom is 0.290 e. The molecule has 1 aliphatic heterocycles. The van der Waals surface area contributed by atoms with Gasteiger partial charge in [-0.25, -0.2) is 0 Å². The van der Waals surface area contributed by atoms with Gasteiger partial charge >= 0.3 is 0 Å². The third-order valence-electron chi connectivity index (χ3n) is 5.29. The molecule has 0 saturated heterocycles. The second-order valence-electron chi connectivity index (χ2n) is 7.22. The van der Waals surface area contributed by atoms with E-state index in [1.807, 2.05) is 85.8 Å². The first-order chi connectivity index (χ1) is 14.1. The van der Waals surface area contributed by atoms with E-state index in [0.717, 1.165) is 22.4 Å². The van der Waals surface area contributed by atoms with Crippen LogP contribution in [0.5, 0.6) is 5.75 Å². The number of nitrogens with zero attached hydrogens (tertiary/aromatic N) is 1. The Labute approximate surface area is 170 Å². The molecule has 1 aliphatic rings. The molecule has 0 spiro atoms. The molecular weight excluding hydrogens is 362 g/mol. The molecule has 1 amide bonds. The number of aryl methyl sites for hydroxylation is 1. The summed E-state index contributed by atoms with van der Waals surface area (Å²) in [5, 5.41) is 10.8. The Morgan fingerprint density at radius 2 is 1.59 bits per heavy atom. The van der Waals surface area contributed by atoms with Crippen LogP contribution in [0.4, 0.5) is 0 Å². The molecule has 4 nitrogen and oxygen atoms in total. The molecule has 4 rings (SSSR count). The van der Waals surface area contributed by atoms with Gasteiger partial charge in [0, 0.05) is 12.1 Å². The number of ether oxygens (including phenoxy) is 1. The summed E-state index contributed by atoms with van der Waals surface area (Å²) < 4.78 is 5.25. The molecule has 0 bridgehead atoms. The van der Waals surface area contributed by atoms with Crippen LogP contribution in [-0.4, -0.2) is 23.0 Å². The number of carbonyl (C=O) groups is 1. The van der Waals surface area contributed by atoms with Gasteiger partial charge in [0.05, 0.1) is 13.2 Å². The van der Waals surface area contributed by atoms with Crippen molar-refractivity contribution in [1.82, 2.24) is 4.90 Å². The van der Waals surface area contributed by atoms with Crippen molar-refractivity contribution in [3.05, 3.63) is 107 Å². The molecule has 1 heterocycles. The quantitative estimate of drug-likeness (QED) is 0.668. The Balaban J connectivity index is 1.78. The fourth-order valence-corrected chi connectivity index (χ4v) is 3.75. The molecule has 0 aliphatic carbocycles. The summed E-state index contributed by atoms with van der Waals surface area (Å²) in [7, 11) is 1.61. The minimum absolute atomic E-state index is 0.198. The first-order valence-corrected chi connectivity index (χ1v) is 9.57. The predicted octanol–water partition coefficient (Wildman–Crippen LogP) is 5.06. The standard InChI is InChI=1S/C25H23NO3/c1-17-8-10-18(11-9-17)16-26-23(20-6-4-3-5-7-20)22(24(27)25(26)28)19-12-14-21(29-2)15-13-19/h3-15,23,27H,16H2,1-2H3/t23-/m1/s1. The average Bonchev–Trinajstić information content (AvgIpc) is 3.01. The zero-order valence-corrected chi connectivity index (χ0v) is 16.5. The highest BCUT2D eigenvalue weighted by atomic mass is 16.5. The molecule has 0 radical (unpaired) electrons.